The molecule has 1 aliphatic rings. The van der Waals surface area contributed by atoms with Crippen LogP contribution in [-0.4, -0.2) is 33.8 Å². The van der Waals surface area contributed by atoms with Crippen LogP contribution in [0.15, 0.2) is 0 Å². The molecule has 1 fully saturated rings. The molecule has 2 N–H and O–H groups in total. The van der Waals surface area contributed by atoms with E-state index in [2.05, 4.69) is 15.7 Å². The van der Waals surface area contributed by atoms with Crippen LogP contribution in [0.25, 0.3) is 0 Å². The van der Waals surface area contributed by atoms with Gasteiger partial charge in [0.1, 0.15) is 5.69 Å². The first-order valence-corrected chi connectivity index (χ1v) is 7.31. The van der Waals surface area contributed by atoms with Crippen molar-refractivity contribution >= 4 is 11.5 Å². The molecule has 112 valence electrons. The van der Waals surface area contributed by atoms with Crippen LogP contribution in [-0.2, 0) is 13.5 Å². The number of nitrogens with zero attached hydrogens (tertiary/aromatic N) is 3. The molecule has 0 amide bonds. The van der Waals surface area contributed by atoms with Gasteiger partial charge in [-0.2, -0.15) is 5.10 Å². The van der Waals surface area contributed by atoms with Gasteiger partial charge in [0.2, 0.25) is 5.82 Å². The highest BCUT2D eigenvalue weighted by atomic mass is 16.6. The molecular weight excluding hydrogens is 258 g/mol. The molecule has 1 aromatic rings. The summed E-state index contributed by atoms with van der Waals surface area (Å²) >= 11 is 0. The minimum Gasteiger partial charge on any atom is -0.363 e. The summed E-state index contributed by atoms with van der Waals surface area (Å²) < 4.78 is 1.59. The second-order valence-electron chi connectivity index (χ2n) is 5.30. The number of aryl methyl sites for hydroxylation is 2. The smallest absolute Gasteiger partial charge is 0.333 e. The maximum atomic E-state index is 11.3. The van der Waals surface area contributed by atoms with Crippen LogP contribution in [0.3, 0.4) is 0 Å². The number of aromatic nitrogens is 2. The van der Waals surface area contributed by atoms with Crippen LogP contribution < -0.4 is 10.6 Å². The van der Waals surface area contributed by atoms with Crippen LogP contribution in [0.1, 0.15) is 38.3 Å². The quantitative estimate of drug-likeness (QED) is 0.614. The number of piperidine rings is 1. The van der Waals surface area contributed by atoms with Gasteiger partial charge in [0.05, 0.1) is 4.92 Å². The van der Waals surface area contributed by atoms with Crippen molar-refractivity contribution in [1.29, 1.82) is 0 Å². The van der Waals surface area contributed by atoms with Crippen LogP contribution in [0.5, 0.6) is 0 Å². The minimum atomic E-state index is -0.325. The van der Waals surface area contributed by atoms with Crippen molar-refractivity contribution in [2.24, 2.45) is 7.05 Å². The molecule has 0 radical (unpaired) electrons. The van der Waals surface area contributed by atoms with Crippen molar-refractivity contribution in [1.82, 2.24) is 15.1 Å². The van der Waals surface area contributed by atoms with Gasteiger partial charge in [0.15, 0.2) is 0 Å². The molecule has 1 unspecified atom stereocenters. The number of rotatable bonds is 6. The average molecular weight is 281 g/mol. The van der Waals surface area contributed by atoms with Gasteiger partial charge in [0, 0.05) is 19.6 Å². The van der Waals surface area contributed by atoms with Gasteiger partial charge >= 0.3 is 5.69 Å². The number of nitro groups is 1. The molecule has 0 spiro atoms. The Balaban J connectivity index is 2.11. The Morgan fingerprint density at radius 2 is 2.35 bits per heavy atom. The van der Waals surface area contributed by atoms with Gasteiger partial charge in [-0.25, -0.2) is 4.68 Å². The van der Waals surface area contributed by atoms with Gasteiger partial charge in [0.25, 0.3) is 0 Å². The molecule has 2 rings (SSSR count). The topological polar surface area (TPSA) is 85.0 Å². The fourth-order valence-corrected chi connectivity index (χ4v) is 2.68. The van der Waals surface area contributed by atoms with Gasteiger partial charge < -0.3 is 10.6 Å². The van der Waals surface area contributed by atoms with Crippen molar-refractivity contribution in [2.75, 3.05) is 18.4 Å². The van der Waals surface area contributed by atoms with E-state index >= 15 is 0 Å². The number of nitrogens with one attached hydrogen (secondary N) is 2. The van der Waals surface area contributed by atoms with E-state index < -0.39 is 0 Å². The van der Waals surface area contributed by atoms with Gasteiger partial charge in [-0.1, -0.05) is 19.8 Å². The van der Waals surface area contributed by atoms with E-state index in [0.717, 1.165) is 19.4 Å². The van der Waals surface area contributed by atoms with E-state index in [4.69, 9.17) is 0 Å². The molecule has 1 atom stereocenters. The first-order valence-electron chi connectivity index (χ1n) is 7.31. The van der Waals surface area contributed by atoms with Crippen LogP contribution in [0.2, 0.25) is 0 Å². The lowest BCUT2D eigenvalue weighted by Gasteiger charge is -2.23. The standard InChI is InChI=1S/C13H23N5O2/c1-3-6-11-12(18(19)20)13(17(2)16-11)15-9-10-7-4-5-8-14-10/h10,14-15H,3-9H2,1-2H3. The summed E-state index contributed by atoms with van der Waals surface area (Å²) in [4.78, 5) is 11.0. The van der Waals surface area contributed by atoms with Crippen molar-refractivity contribution in [3.8, 4) is 0 Å². The second kappa shape index (κ2) is 6.69. The predicted octanol–water partition coefficient (Wildman–Crippen LogP) is 1.83. The lowest BCUT2D eigenvalue weighted by atomic mass is 10.1. The molecule has 2 heterocycles. The summed E-state index contributed by atoms with van der Waals surface area (Å²) in [6.45, 7) is 3.73. The summed E-state index contributed by atoms with van der Waals surface area (Å²) in [6, 6.07) is 0.382. The first kappa shape index (κ1) is 14.8. The Hall–Kier alpha value is -1.63. The minimum absolute atomic E-state index is 0.130. The van der Waals surface area contributed by atoms with Crippen molar-refractivity contribution in [3.63, 3.8) is 0 Å². The monoisotopic (exact) mass is 281 g/mol. The molecule has 0 saturated carbocycles. The predicted molar refractivity (Wildman–Crippen MR) is 78.0 cm³/mol. The SMILES string of the molecule is CCCc1nn(C)c(NCC2CCCCN2)c1[N+](=O)[O-]. The van der Waals surface area contributed by atoms with E-state index in [9.17, 15) is 10.1 Å². The summed E-state index contributed by atoms with van der Waals surface area (Å²) in [5, 5.41) is 22.2. The Labute approximate surface area is 118 Å². The molecule has 1 saturated heterocycles. The molecule has 20 heavy (non-hydrogen) atoms. The molecular formula is C13H23N5O2. The van der Waals surface area contributed by atoms with E-state index in [1.807, 2.05) is 6.92 Å². The fraction of sp³-hybridized carbons (Fsp3) is 0.769. The second-order valence-corrected chi connectivity index (χ2v) is 5.30. The summed E-state index contributed by atoms with van der Waals surface area (Å²) in [5.41, 5.74) is 0.698. The average Bonchev–Trinajstić information content (AvgIpc) is 2.74. The Morgan fingerprint density at radius 3 is 2.95 bits per heavy atom. The van der Waals surface area contributed by atoms with E-state index in [1.165, 1.54) is 12.8 Å². The van der Waals surface area contributed by atoms with E-state index in [-0.39, 0.29) is 10.6 Å². The van der Waals surface area contributed by atoms with Crippen molar-refractivity contribution in [3.05, 3.63) is 15.8 Å². The van der Waals surface area contributed by atoms with Crippen LogP contribution in [0, 0.1) is 10.1 Å². The molecule has 0 aromatic carbocycles. The first-order chi connectivity index (χ1) is 9.63. The molecule has 7 nitrogen and oxygen atoms in total. The fourth-order valence-electron chi connectivity index (χ4n) is 2.68. The van der Waals surface area contributed by atoms with Crippen molar-refractivity contribution in [2.45, 2.75) is 45.1 Å². The van der Waals surface area contributed by atoms with E-state index in [1.54, 1.807) is 11.7 Å². The van der Waals surface area contributed by atoms with Gasteiger partial charge in [-0.15, -0.1) is 0 Å². The summed E-state index contributed by atoms with van der Waals surface area (Å²) in [7, 11) is 1.75. The largest absolute Gasteiger partial charge is 0.363 e. The molecule has 1 aromatic heterocycles. The molecule has 1 aliphatic heterocycles. The molecule has 0 bridgehead atoms. The van der Waals surface area contributed by atoms with Gasteiger partial charge in [-0.05, 0) is 25.8 Å². The van der Waals surface area contributed by atoms with Gasteiger partial charge in [-0.3, -0.25) is 10.1 Å². The number of anilines is 1. The zero-order chi connectivity index (χ0) is 14.5. The number of hydrogen-bond donors (Lipinski definition) is 2. The Morgan fingerprint density at radius 1 is 1.55 bits per heavy atom. The summed E-state index contributed by atoms with van der Waals surface area (Å²) in [6.07, 6.45) is 5.02. The Bertz CT molecular complexity index is 466. The highest BCUT2D eigenvalue weighted by Gasteiger charge is 2.26. The number of hydrogen-bond acceptors (Lipinski definition) is 5. The zero-order valence-corrected chi connectivity index (χ0v) is 12.2. The van der Waals surface area contributed by atoms with Crippen LogP contribution in [0.4, 0.5) is 11.5 Å². The third kappa shape index (κ3) is 3.27. The molecule has 0 aliphatic carbocycles. The normalized spacial score (nSPS) is 19.0. The van der Waals surface area contributed by atoms with E-state index in [0.29, 0.717) is 30.5 Å². The zero-order valence-electron chi connectivity index (χ0n) is 12.2. The maximum Gasteiger partial charge on any atom is 0.333 e. The lowest BCUT2D eigenvalue weighted by Crippen LogP contribution is -2.39. The third-order valence-electron chi connectivity index (χ3n) is 3.69. The van der Waals surface area contributed by atoms with Crippen molar-refractivity contribution < 1.29 is 4.92 Å². The highest BCUT2D eigenvalue weighted by Crippen LogP contribution is 2.29. The Kier molecular flexibility index (Phi) is 4.94. The lowest BCUT2D eigenvalue weighted by molar-refractivity contribution is -0.384. The molecule has 7 heteroatoms. The summed E-state index contributed by atoms with van der Waals surface area (Å²) in [5.74, 6) is 0.519. The highest BCUT2D eigenvalue weighted by molar-refractivity contribution is 5.60. The van der Waals surface area contributed by atoms with Crippen LogP contribution >= 0.6 is 0 Å². The third-order valence-corrected chi connectivity index (χ3v) is 3.69. The maximum absolute atomic E-state index is 11.3.